The molecule has 96 valence electrons. The summed E-state index contributed by atoms with van der Waals surface area (Å²) in [5.74, 6) is 0. The molecule has 2 nitrogen and oxygen atoms in total. The van der Waals surface area contributed by atoms with E-state index in [4.69, 9.17) is 11.6 Å². The lowest BCUT2D eigenvalue weighted by atomic mass is 10.1. The monoisotopic (exact) mass is 278 g/mol. The Hall–Kier alpha value is -2.32. The van der Waals surface area contributed by atoms with Crippen LogP contribution < -0.4 is 0 Å². The number of hydrogen-bond acceptors (Lipinski definition) is 1. The normalized spacial score (nSPS) is 11.2. The molecule has 0 aliphatic heterocycles. The maximum Gasteiger partial charge on any atom is 0.0747 e. The van der Waals surface area contributed by atoms with E-state index in [0.29, 0.717) is 0 Å². The Bertz CT molecular complexity index is 907. The molecule has 20 heavy (non-hydrogen) atoms. The molecule has 0 spiro atoms. The SMILES string of the molecule is Clc1ccc(-c2cc3ccccc3c3ccnn23)cc1. The molecule has 0 saturated carbocycles. The minimum atomic E-state index is 0.742. The summed E-state index contributed by atoms with van der Waals surface area (Å²) in [6, 6.07) is 20.4. The first-order chi connectivity index (χ1) is 9.83. The van der Waals surface area contributed by atoms with Crippen molar-refractivity contribution in [3.63, 3.8) is 0 Å². The molecule has 4 aromatic rings. The summed E-state index contributed by atoms with van der Waals surface area (Å²) in [5, 5.41) is 7.62. The third-order valence-corrected chi connectivity index (χ3v) is 3.79. The highest BCUT2D eigenvalue weighted by atomic mass is 35.5. The second-order valence-corrected chi connectivity index (χ2v) is 5.19. The van der Waals surface area contributed by atoms with E-state index in [-0.39, 0.29) is 0 Å². The van der Waals surface area contributed by atoms with Crippen LogP contribution in [0.1, 0.15) is 0 Å². The molecule has 0 fully saturated rings. The molecule has 0 amide bonds. The van der Waals surface area contributed by atoms with Crippen molar-refractivity contribution in [2.24, 2.45) is 0 Å². The Morgan fingerprint density at radius 1 is 0.900 bits per heavy atom. The lowest BCUT2D eigenvalue weighted by Gasteiger charge is -2.09. The van der Waals surface area contributed by atoms with Crippen LogP contribution in [0.15, 0.2) is 66.9 Å². The zero-order valence-corrected chi connectivity index (χ0v) is 11.4. The first kappa shape index (κ1) is 11.5. The zero-order chi connectivity index (χ0) is 13.5. The third kappa shape index (κ3) is 1.69. The standard InChI is InChI=1S/C17H11ClN2/c18-14-7-5-12(6-8-14)17-11-13-3-1-2-4-15(13)16-9-10-19-20(16)17/h1-11H. The van der Waals surface area contributed by atoms with E-state index in [1.54, 1.807) is 0 Å². The first-order valence-corrected chi connectivity index (χ1v) is 6.82. The van der Waals surface area contributed by atoms with Crippen LogP contribution in [0.4, 0.5) is 0 Å². The summed E-state index contributed by atoms with van der Waals surface area (Å²) in [5.41, 5.74) is 3.29. The first-order valence-electron chi connectivity index (χ1n) is 6.44. The van der Waals surface area contributed by atoms with Gasteiger partial charge in [0.15, 0.2) is 0 Å². The van der Waals surface area contributed by atoms with Gasteiger partial charge >= 0.3 is 0 Å². The fourth-order valence-corrected chi connectivity index (χ4v) is 2.72. The highest BCUT2D eigenvalue weighted by Crippen LogP contribution is 2.28. The number of aromatic nitrogens is 2. The minimum absolute atomic E-state index is 0.742. The van der Waals surface area contributed by atoms with Crippen LogP contribution in [0, 0.1) is 0 Å². The molecule has 2 heterocycles. The molecule has 4 rings (SSSR count). The van der Waals surface area contributed by atoms with E-state index in [2.05, 4.69) is 35.4 Å². The predicted molar refractivity (Wildman–Crippen MR) is 83.1 cm³/mol. The van der Waals surface area contributed by atoms with Gasteiger partial charge in [0.2, 0.25) is 0 Å². The van der Waals surface area contributed by atoms with Gasteiger partial charge in [-0.25, -0.2) is 4.52 Å². The van der Waals surface area contributed by atoms with Gasteiger partial charge in [-0.3, -0.25) is 0 Å². The topological polar surface area (TPSA) is 17.3 Å². The smallest absolute Gasteiger partial charge is 0.0747 e. The molecule has 0 saturated heterocycles. The lowest BCUT2D eigenvalue weighted by molar-refractivity contribution is 0.975. The second kappa shape index (κ2) is 4.36. The highest BCUT2D eigenvalue weighted by Gasteiger charge is 2.08. The summed E-state index contributed by atoms with van der Waals surface area (Å²) in [6.07, 6.45) is 1.83. The summed E-state index contributed by atoms with van der Waals surface area (Å²) in [7, 11) is 0. The zero-order valence-electron chi connectivity index (χ0n) is 10.6. The van der Waals surface area contributed by atoms with Crippen molar-refractivity contribution in [1.29, 1.82) is 0 Å². The Labute approximate surface area is 121 Å². The Balaban J connectivity index is 2.11. The van der Waals surface area contributed by atoms with Crippen LogP contribution in [-0.4, -0.2) is 9.61 Å². The van der Waals surface area contributed by atoms with Gasteiger partial charge in [-0.05, 0) is 29.7 Å². The van der Waals surface area contributed by atoms with E-state index in [1.165, 1.54) is 10.8 Å². The van der Waals surface area contributed by atoms with Crippen LogP contribution in [-0.2, 0) is 0 Å². The molecule has 0 atom stereocenters. The maximum atomic E-state index is 5.97. The second-order valence-electron chi connectivity index (χ2n) is 4.75. The van der Waals surface area contributed by atoms with Crippen molar-refractivity contribution in [3.8, 4) is 11.3 Å². The molecule has 2 aromatic carbocycles. The number of benzene rings is 2. The van der Waals surface area contributed by atoms with Crippen LogP contribution in [0.5, 0.6) is 0 Å². The van der Waals surface area contributed by atoms with Crippen molar-refractivity contribution in [3.05, 3.63) is 71.9 Å². The van der Waals surface area contributed by atoms with Gasteiger partial charge in [-0.2, -0.15) is 5.10 Å². The van der Waals surface area contributed by atoms with E-state index in [1.807, 2.05) is 41.0 Å². The van der Waals surface area contributed by atoms with E-state index < -0.39 is 0 Å². The van der Waals surface area contributed by atoms with Gasteiger partial charge in [0, 0.05) is 16.0 Å². The summed E-state index contributed by atoms with van der Waals surface area (Å²) in [6.45, 7) is 0. The van der Waals surface area contributed by atoms with Gasteiger partial charge in [0.25, 0.3) is 0 Å². The van der Waals surface area contributed by atoms with Crippen LogP contribution in [0.25, 0.3) is 27.5 Å². The number of halogens is 1. The molecule has 3 heteroatoms. The number of nitrogens with zero attached hydrogens (tertiary/aromatic N) is 2. The molecule has 0 bridgehead atoms. The highest BCUT2D eigenvalue weighted by molar-refractivity contribution is 6.30. The minimum Gasteiger partial charge on any atom is -0.232 e. The molecule has 2 aromatic heterocycles. The molecule has 0 radical (unpaired) electrons. The quantitative estimate of drug-likeness (QED) is 0.488. The fraction of sp³-hybridized carbons (Fsp3) is 0. The van der Waals surface area contributed by atoms with E-state index >= 15 is 0 Å². The molecule has 0 N–H and O–H groups in total. The average Bonchev–Trinajstić information content (AvgIpc) is 2.97. The molecule has 0 unspecified atom stereocenters. The third-order valence-electron chi connectivity index (χ3n) is 3.54. The van der Waals surface area contributed by atoms with Crippen LogP contribution in [0.2, 0.25) is 5.02 Å². The fourth-order valence-electron chi connectivity index (χ4n) is 2.59. The number of fused-ring (bicyclic) bond motifs is 3. The molecular weight excluding hydrogens is 268 g/mol. The maximum absolute atomic E-state index is 5.97. The largest absolute Gasteiger partial charge is 0.232 e. The van der Waals surface area contributed by atoms with E-state index in [0.717, 1.165) is 21.8 Å². The van der Waals surface area contributed by atoms with Gasteiger partial charge in [0.05, 0.1) is 17.4 Å². The van der Waals surface area contributed by atoms with Crippen LogP contribution >= 0.6 is 11.6 Å². The van der Waals surface area contributed by atoms with Gasteiger partial charge in [-0.1, -0.05) is 48.0 Å². The Morgan fingerprint density at radius 3 is 2.55 bits per heavy atom. The Kier molecular flexibility index (Phi) is 2.51. The van der Waals surface area contributed by atoms with Gasteiger partial charge in [-0.15, -0.1) is 0 Å². The van der Waals surface area contributed by atoms with Crippen molar-refractivity contribution in [1.82, 2.24) is 9.61 Å². The lowest BCUT2D eigenvalue weighted by Crippen LogP contribution is -1.94. The number of pyridine rings is 1. The Morgan fingerprint density at radius 2 is 1.70 bits per heavy atom. The molecule has 0 aliphatic carbocycles. The summed E-state index contributed by atoms with van der Waals surface area (Å²) in [4.78, 5) is 0. The number of rotatable bonds is 1. The molecule has 0 aliphatic rings. The van der Waals surface area contributed by atoms with Gasteiger partial charge in [0.1, 0.15) is 0 Å². The number of hydrogen-bond donors (Lipinski definition) is 0. The van der Waals surface area contributed by atoms with Crippen molar-refractivity contribution >= 4 is 27.9 Å². The van der Waals surface area contributed by atoms with Crippen molar-refractivity contribution in [2.45, 2.75) is 0 Å². The predicted octanol–water partition coefficient (Wildman–Crippen LogP) is 4.81. The van der Waals surface area contributed by atoms with Crippen LogP contribution in [0.3, 0.4) is 0 Å². The molecular formula is C17H11ClN2. The van der Waals surface area contributed by atoms with E-state index in [9.17, 15) is 0 Å². The summed E-state index contributed by atoms with van der Waals surface area (Å²) < 4.78 is 1.98. The average molecular weight is 279 g/mol. The van der Waals surface area contributed by atoms with Gasteiger partial charge < -0.3 is 0 Å². The summed E-state index contributed by atoms with van der Waals surface area (Å²) >= 11 is 5.97. The van der Waals surface area contributed by atoms with Crippen molar-refractivity contribution in [2.75, 3.05) is 0 Å². The van der Waals surface area contributed by atoms with Crippen molar-refractivity contribution < 1.29 is 0 Å².